The Balaban J connectivity index is 0.000000962. The first kappa shape index (κ1) is 34.2. The van der Waals surface area contributed by atoms with E-state index in [1.165, 1.54) is 25.0 Å². The quantitative estimate of drug-likeness (QED) is 0.151. The fourth-order valence-corrected chi connectivity index (χ4v) is 3.16. The highest BCUT2D eigenvalue weighted by atomic mass is 16.5. The number of carbonyl (C=O) groups excluding carboxylic acids is 4. The van der Waals surface area contributed by atoms with E-state index in [1.807, 2.05) is 38.1 Å². The highest BCUT2D eigenvalue weighted by Crippen LogP contribution is 2.09. The Labute approximate surface area is 226 Å². The van der Waals surface area contributed by atoms with Crippen LogP contribution >= 0.6 is 0 Å². The second-order valence-electron chi connectivity index (χ2n) is 8.31. The molecular formula is C30H41N3O5. The number of hydrogen-bond donors (Lipinski definition) is 3. The lowest BCUT2D eigenvalue weighted by Gasteiger charge is -2.20. The Hall–Kier alpha value is -3.80. The summed E-state index contributed by atoms with van der Waals surface area (Å²) >= 11 is 0. The molecule has 206 valence electrons. The van der Waals surface area contributed by atoms with Crippen molar-refractivity contribution < 1.29 is 24.4 Å². The molecule has 0 fully saturated rings. The van der Waals surface area contributed by atoms with Crippen LogP contribution in [0.25, 0.3) is 0 Å². The van der Waals surface area contributed by atoms with Gasteiger partial charge >= 0.3 is 0 Å². The molecule has 0 aromatic heterocycles. The zero-order valence-electron chi connectivity index (χ0n) is 23.6. The molecule has 2 aromatic carbocycles. The van der Waals surface area contributed by atoms with Crippen LogP contribution in [-0.2, 0) is 20.9 Å². The fourth-order valence-electron chi connectivity index (χ4n) is 3.16. The van der Waals surface area contributed by atoms with Crippen molar-refractivity contribution in [3.05, 3.63) is 70.8 Å². The third kappa shape index (κ3) is 13.5. The average molecular weight is 524 g/mol. The summed E-state index contributed by atoms with van der Waals surface area (Å²) in [6.45, 7) is 12.9. The number of benzene rings is 2. The van der Waals surface area contributed by atoms with Gasteiger partial charge in [0.15, 0.2) is 5.78 Å². The summed E-state index contributed by atoms with van der Waals surface area (Å²) in [5.41, 5.74) is 5.08. The monoisotopic (exact) mass is 523 g/mol. The summed E-state index contributed by atoms with van der Waals surface area (Å²) in [4.78, 5) is 45.9. The van der Waals surface area contributed by atoms with Crippen LogP contribution in [0.2, 0.25) is 0 Å². The highest BCUT2D eigenvalue weighted by molar-refractivity contribution is 5.99. The van der Waals surface area contributed by atoms with Crippen molar-refractivity contribution in [2.75, 3.05) is 20.1 Å². The number of ketones is 2. The number of nitrogens with zero attached hydrogens (tertiary/aromatic N) is 1. The summed E-state index contributed by atoms with van der Waals surface area (Å²) < 4.78 is 0. The highest BCUT2D eigenvalue weighted by Gasteiger charge is 2.18. The van der Waals surface area contributed by atoms with Gasteiger partial charge < -0.3 is 5.32 Å². The molecule has 8 heteroatoms. The Morgan fingerprint density at radius 1 is 0.895 bits per heavy atom. The molecule has 0 radical (unpaired) electrons. The van der Waals surface area contributed by atoms with Crippen molar-refractivity contribution in [1.82, 2.24) is 15.7 Å². The van der Waals surface area contributed by atoms with Crippen LogP contribution in [0.15, 0.2) is 48.5 Å². The van der Waals surface area contributed by atoms with Crippen LogP contribution in [0.4, 0.5) is 0 Å². The van der Waals surface area contributed by atoms with Crippen molar-refractivity contribution in [3.63, 3.8) is 0 Å². The minimum absolute atomic E-state index is 0.0574. The van der Waals surface area contributed by atoms with Crippen molar-refractivity contribution in [3.8, 4) is 11.8 Å². The number of Topliss-reactive ketones (excluding diaryl/α,β-unsaturated/α-hetero) is 2. The minimum Gasteiger partial charge on any atom is -0.358 e. The Kier molecular flexibility index (Phi) is 17.4. The van der Waals surface area contributed by atoms with Crippen molar-refractivity contribution in [2.24, 2.45) is 5.92 Å². The minimum atomic E-state index is -0.852. The largest absolute Gasteiger partial charge is 0.358 e. The molecule has 0 bridgehead atoms. The van der Waals surface area contributed by atoms with E-state index >= 15 is 0 Å². The van der Waals surface area contributed by atoms with E-state index in [0.717, 1.165) is 30.6 Å². The number of rotatable bonds is 9. The zero-order chi connectivity index (χ0) is 29.1. The van der Waals surface area contributed by atoms with E-state index in [4.69, 9.17) is 5.21 Å². The number of hydroxylamine groups is 1. The van der Waals surface area contributed by atoms with Gasteiger partial charge in [0.1, 0.15) is 11.7 Å². The third-order valence-electron chi connectivity index (χ3n) is 5.13. The van der Waals surface area contributed by atoms with Gasteiger partial charge in [-0.1, -0.05) is 56.9 Å². The normalized spacial score (nSPS) is 10.3. The fraction of sp³-hybridized carbons (Fsp3) is 0.400. The van der Waals surface area contributed by atoms with E-state index in [9.17, 15) is 19.2 Å². The van der Waals surface area contributed by atoms with Crippen LogP contribution < -0.4 is 10.8 Å². The Bertz CT molecular complexity index is 1070. The molecule has 2 aromatic rings. The van der Waals surface area contributed by atoms with Gasteiger partial charge in [0.25, 0.3) is 5.91 Å². The zero-order valence-corrected chi connectivity index (χ0v) is 23.6. The second-order valence-corrected chi connectivity index (χ2v) is 8.31. The van der Waals surface area contributed by atoms with E-state index in [0.29, 0.717) is 12.1 Å². The number of carbonyl (C=O) groups is 4. The lowest BCUT2D eigenvalue weighted by molar-refractivity contribution is -0.139. The summed E-state index contributed by atoms with van der Waals surface area (Å²) in [6, 6.07) is 15.5. The van der Waals surface area contributed by atoms with Crippen LogP contribution in [0, 0.1) is 17.8 Å². The van der Waals surface area contributed by atoms with Gasteiger partial charge in [-0.2, -0.15) is 0 Å². The van der Waals surface area contributed by atoms with Gasteiger partial charge in [-0.05, 0) is 63.6 Å². The topological polar surface area (TPSA) is 116 Å². The molecule has 0 spiro atoms. The lowest BCUT2D eigenvalue weighted by Crippen LogP contribution is -2.36. The SMILES string of the molecule is CC.CCCN(CC(C)=O)Cc1ccc(C#Cc2ccc(C(C)=O)cc2)cc1.CNC(=O)C(C)C(=O)NO. The molecule has 8 nitrogen and oxygen atoms in total. The van der Waals surface area contributed by atoms with E-state index in [1.54, 1.807) is 26.0 Å². The van der Waals surface area contributed by atoms with Crippen molar-refractivity contribution in [1.29, 1.82) is 0 Å². The molecule has 0 aliphatic heterocycles. The molecule has 38 heavy (non-hydrogen) atoms. The standard InChI is InChI=1S/C23H25NO2.C5H10N2O3.C2H6/c1-4-15-24(16-18(2)25)17-22-9-7-20(8-10-22)5-6-21-11-13-23(14-12-21)19(3)26;1-3(4(8)6-2)5(9)7-10;1-2/h7-14H,4,15-17H2,1-3H3;3,10H,1-2H3,(H,6,8)(H,7,9);1-2H3. The summed E-state index contributed by atoms with van der Waals surface area (Å²) in [6.07, 6.45) is 1.03. The van der Waals surface area contributed by atoms with Gasteiger partial charge in [0.2, 0.25) is 5.91 Å². The van der Waals surface area contributed by atoms with Gasteiger partial charge in [0.05, 0.1) is 6.54 Å². The molecule has 1 atom stereocenters. The summed E-state index contributed by atoms with van der Waals surface area (Å²) in [5.74, 6) is 4.53. The molecule has 0 aliphatic carbocycles. The first-order valence-corrected chi connectivity index (χ1v) is 12.7. The third-order valence-corrected chi connectivity index (χ3v) is 5.13. The smallest absolute Gasteiger partial charge is 0.255 e. The molecule has 0 aliphatic rings. The molecule has 0 heterocycles. The van der Waals surface area contributed by atoms with Gasteiger partial charge in [-0.15, -0.1) is 0 Å². The Morgan fingerprint density at radius 3 is 1.79 bits per heavy atom. The molecule has 2 rings (SSSR count). The van der Waals surface area contributed by atoms with Crippen LogP contribution in [0.3, 0.4) is 0 Å². The first-order chi connectivity index (χ1) is 18.1. The van der Waals surface area contributed by atoms with E-state index in [2.05, 4.69) is 41.1 Å². The van der Waals surface area contributed by atoms with Crippen molar-refractivity contribution in [2.45, 2.75) is 54.5 Å². The number of hydrogen-bond acceptors (Lipinski definition) is 6. The number of amides is 2. The summed E-state index contributed by atoms with van der Waals surface area (Å²) in [5, 5.41) is 10.3. The maximum atomic E-state index is 11.4. The second kappa shape index (κ2) is 19.3. The molecule has 2 amide bonds. The maximum absolute atomic E-state index is 11.4. The Morgan fingerprint density at radius 2 is 1.39 bits per heavy atom. The predicted molar refractivity (Wildman–Crippen MR) is 150 cm³/mol. The molecule has 3 N–H and O–H groups in total. The molecule has 0 saturated carbocycles. The van der Waals surface area contributed by atoms with Gasteiger partial charge in [0, 0.05) is 30.3 Å². The van der Waals surface area contributed by atoms with Crippen molar-refractivity contribution >= 4 is 23.4 Å². The first-order valence-electron chi connectivity index (χ1n) is 12.7. The van der Waals surface area contributed by atoms with Crippen LogP contribution in [0.1, 0.15) is 75.0 Å². The average Bonchev–Trinajstić information content (AvgIpc) is 2.92. The molecule has 1 unspecified atom stereocenters. The van der Waals surface area contributed by atoms with Crippen LogP contribution in [0.5, 0.6) is 0 Å². The maximum Gasteiger partial charge on any atom is 0.255 e. The van der Waals surface area contributed by atoms with Crippen LogP contribution in [-0.4, -0.2) is 53.6 Å². The van der Waals surface area contributed by atoms with E-state index < -0.39 is 17.7 Å². The lowest BCUT2D eigenvalue weighted by atomic mass is 10.1. The van der Waals surface area contributed by atoms with Gasteiger partial charge in [-0.3, -0.25) is 29.3 Å². The summed E-state index contributed by atoms with van der Waals surface area (Å²) in [7, 11) is 1.42. The number of nitrogens with one attached hydrogen (secondary N) is 2. The molecule has 0 saturated heterocycles. The predicted octanol–water partition coefficient (Wildman–Crippen LogP) is 3.99. The van der Waals surface area contributed by atoms with E-state index in [-0.39, 0.29) is 11.6 Å². The molecular weight excluding hydrogens is 482 g/mol. The van der Waals surface area contributed by atoms with Gasteiger partial charge in [-0.25, -0.2) is 5.48 Å².